The quantitative estimate of drug-likeness (QED) is 0.398. The zero-order chi connectivity index (χ0) is 7.21. The minimum atomic E-state index is -1.17. The SMILES string of the molecule is C[Si](C)(C)N.O=[PH+]O. The molecule has 1 atom stereocenters. The summed E-state index contributed by atoms with van der Waals surface area (Å²) in [5, 5.41) is 5.49. The van der Waals surface area contributed by atoms with Crippen molar-refractivity contribution in [3.05, 3.63) is 0 Å². The summed E-state index contributed by atoms with van der Waals surface area (Å²) in [7, 11) is -2.28. The lowest BCUT2D eigenvalue weighted by Crippen LogP contribution is -2.32. The predicted molar refractivity (Wildman–Crippen MR) is 38.8 cm³/mol. The summed E-state index contributed by atoms with van der Waals surface area (Å²) in [5.41, 5.74) is 0. The molecule has 0 aromatic heterocycles. The van der Waals surface area contributed by atoms with E-state index in [1.54, 1.807) is 0 Å². The van der Waals surface area contributed by atoms with E-state index < -0.39 is 16.9 Å². The normalized spacial score (nSPS) is 10.1. The molecule has 0 aliphatic carbocycles. The van der Waals surface area contributed by atoms with Crippen LogP contribution in [0, 0.1) is 0 Å². The lowest BCUT2D eigenvalue weighted by atomic mass is 11.8. The highest BCUT2D eigenvalue weighted by molar-refractivity contribution is 7.16. The van der Waals surface area contributed by atoms with Crippen molar-refractivity contribution in [1.29, 1.82) is 0 Å². The highest BCUT2D eigenvalue weighted by atomic mass is 31.1. The van der Waals surface area contributed by atoms with Crippen LogP contribution < -0.4 is 5.40 Å². The molecule has 0 aliphatic heterocycles. The Kier molecular flexibility index (Phi) is 7.45. The molecule has 50 valence electrons. The maximum atomic E-state index is 8.51. The van der Waals surface area contributed by atoms with Gasteiger partial charge in [-0.15, -0.1) is 0 Å². The first-order valence-corrected chi connectivity index (χ1v) is 6.65. The molecule has 0 spiro atoms. The Morgan fingerprint density at radius 1 is 1.50 bits per heavy atom. The van der Waals surface area contributed by atoms with Crippen LogP contribution in [-0.4, -0.2) is 13.1 Å². The molecule has 0 fully saturated rings. The van der Waals surface area contributed by atoms with Crippen molar-refractivity contribution >= 4 is 16.9 Å². The molecule has 0 aromatic rings. The van der Waals surface area contributed by atoms with Crippen LogP contribution in [0.3, 0.4) is 0 Å². The summed E-state index contributed by atoms with van der Waals surface area (Å²) in [6, 6.07) is 0. The third-order valence-corrected chi connectivity index (χ3v) is 0. The third-order valence-electron chi connectivity index (χ3n) is 0. The van der Waals surface area contributed by atoms with Crippen LogP contribution in [0.2, 0.25) is 19.6 Å². The monoisotopic (exact) mass is 154 g/mol. The minimum absolute atomic E-state index is 1.11. The van der Waals surface area contributed by atoms with Crippen LogP contribution in [0.25, 0.3) is 0 Å². The van der Waals surface area contributed by atoms with Crippen LogP contribution in [0.15, 0.2) is 0 Å². The Morgan fingerprint density at radius 3 is 1.50 bits per heavy atom. The second kappa shape index (κ2) is 5.38. The highest BCUT2D eigenvalue weighted by Gasteiger charge is 2.00. The van der Waals surface area contributed by atoms with Gasteiger partial charge in [0.25, 0.3) is 0 Å². The molecule has 0 rings (SSSR count). The molecule has 8 heavy (non-hydrogen) atoms. The average molecular weight is 154 g/mol. The number of hydrogen-bond donors (Lipinski definition) is 2. The standard InChI is InChI=1S/C3H11NSi.HO2P/c1-5(2,3)4;1-3-2/h4H2,1-3H3;3H/p+1. The molecule has 1 unspecified atom stereocenters. The van der Waals surface area contributed by atoms with Gasteiger partial charge in [-0.2, -0.15) is 4.89 Å². The molecular formula is C3H13NO2PSi+. The van der Waals surface area contributed by atoms with Gasteiger partial charge in [-0.25, -0.2) is 0 Å². The lowest BCUT2D eigenvalue weighted by Gasteiger charge is -2.02. The van der Waals surface area contributed by atoms with Gasteiger partial charge in [0, 0.05) is 0 Å². The minimum Gasteiger partial charge on any atom is -0.351 e. The fourth-order valence-electron chi connectivity index (χ4n) is 0. The Morgan fingerprint density at radius 2 is 1.50 bits per heavy atom. The van der Waals surface area contributed by atoms with E-state index in [2.05, 4.69) is 19.6 Å². The number of rotatable bonds is 0. The van der Waals surface area contributed by atoms with E-state index in [1.807, 2.05) is 0 Å². The van der Waals surface area contributed by atoms with Crippen molar-refractivity contribution < 1.29 is 9.46 Å². The summed E-state index contributed by atoms with van der Waals surface area (Å²) >= 11 is 0. The first-order valence-electron chi connectivity index (χ1n) is 2.22. The van der Waals surface area contributed by atoms with Gasteiger partial charge in [0.05, 0.1) is 0 Å². The Bertz CT molecular complexity index is 56.8. The topological polar surface area (TPSA) is 63.3 Å². The van der Waals surface area contributed by atoms with E-state index in [9.17, 15) is 0 Å². The van der Waals surface area contributed by atoms with Gasteiger partial charge in [0.2, 0.25) is 0 Å². The molecule has 5 heteroatoms. The highest BCUT2D eigenvalue weighted by Crippen LogP contribution is 1.83. The fraction of sp³-hybridized carbons (Fsp3) is 1.00. The molecule has 3 nitrogen and oxygen atoms in total. The summed E-state index contributed by atoms with van der Waals surface area (Å²) in [5.74, 6) is 0. The maximum Gasteiger partial charge on any atom is 0.491 e. The molecular weight excluding hydrogens is 141 g/mol. The Hall–Kier alpha value is 0.237. The molecule has 0 saturated heterocycles. The van der Waals surface area contributed by atoms with Crippen molar-refractivity contribution in [3.8, 4) is 0 Å². The van der Waals surface area contributed by atoms with E-state index in [4.69, 9.17) is 14.9 Å². The smallest absolute Gasteiger partial charge is 0.351 e. The van der Waals surface area contributed by atoms with E-state index in [-0.39, 0.29) is 0 Å². The van der Waals surface area contributed by atoms with Gasteiger partial charge >= 0.3 is 8.69 Å². The molecule has 0 radical (unpaired) electrons. The molecule has 0 aromatic carbocycles. The summed E-state index contributed by atoms with van der Waals surface area (Å²) in [6.07, 6.45) is 0. The van der Waals surface area contributed by atoms with Crippen LogP contribution in [-0.2, 0) is 4.57 Å². The molecule has 0 heterocycles. The van der Waals surface area contributed by atoms with Crippen LogP contribution in [0.5, 0.6) is 0 Å². The van der Waals surface area contributed by atoms with Gasteiger partial charge in [0.15, 0.2) is 0 Å². The lowest BCUT2D eigenvalue weighted by molar-refractivity contribution is 0.524. The van der Waals surface area contributed by atoms with Gasteiger partial charge in [-0.3, -0.25) is 0 Å². The second-order valence-electron chi connectivity index (χ2n) is 2.46. The zero-order valence-electron chi connectivity index (χ0n) is 5.43. The first kappa shape index (κ1) is 11.1. The molecule has 0 bridgehead atoms. The van der Waals surface area contributed by atoms with E-state index in [0.717, 1.165) is 0 Å². The van der Waals surface area contributed by atoms with Gasteiger partial charge in [-0.05, 0) is 4.57 Å². The molecule has 3 N–H and O–H groups in total. The largest absolute Gasteiger partial charge is 0.491 e. The molecule has 0 saturated carbocycles. The molecule has 0 amide bonds. The number of nitrogens with two attached hydrogens (primary N) is 1. The second-order valence-corrected chi connectivity index (χ2v) is 7.37. The fourth-order valence-corrected chi connectivity index (χ4v) is 0. The van der Waals surface area contributed by atoms with Gasteiger partial charge in [0.1, 0.15) is 8.24 Å². The first-order chi connectivity index (χ1) is 3.41. The van der Waals surface area contributed by atoms with Crippen molar-refractivity contribution in [2.45, 2.75) is 19.6 Å². The Labute approximate surface area is 52.3 Å². The summed E-state index contributed by atoms with van der Waals surface area (Å²) in [4.78, 5) is 7.04. The van der Waals surface area contributed by atoms with Crippen molar-refractivity contribution in [3.63, 3.8) is 0 Å². The van der Waals surface area contributed by atoms with Crippen molar-refractivity contribution in [2.24, 2.45) is 5.40 Å². The van der Waals surface area contributed by atoms with Crippen molar-refractivity contribution in [1.82, 2.24) is 0 Å². The summed E-state index contributed by atoms with van der Waals surface area (Å²) < 4.78 is 8.51. The zero-order valence-corrected chi connectivity index (χ0v) is 7.43. The molecule has 0 aliphatic rings. The van der Waals surface area contributed by atoms with E-state index >= 15 is 0 Å². The Balaban J connectivity index is 0. The van der Waals surface area contributed by atoms with Crippen LogP contribution in [0.4, 0.5) is 0 Å². The van der Waals surface area contributed by atoms with Crippen molar-refractivity contribution in [2.75, 3.05) is 0 Å². The van der Waals surface area contributed by atoms with E-state index in [0.29, 0.717) is 0 Å². The van der Waals surface area contributed by atoms with Crippen LogP contribution in [0.1, 0.15) is 0 Å². The summed E-state index contributed by atoms with van der Waals surface area (Å²) in [6.45, 7) is 6.31. The average Bonchev–Trinajstić information content (AvgIpc) is 1.27. The van der Waals surface area contributed by atoms with Gasteiger partial charge in [-0.1, -0.05) is 19.6 Å². The van der Waals surface area contributed by atoms with Crippen LogP contribution >= 0.6 is 8.69 Å². The number of hydrogen-bond acceptors (Lipinski definition) is 2. The predicted octanol–water partition coefficient (Wildman–Crippen LogP) is 0.698. The van der Waals surface area contributed by atoms with Gasteiger partial charge < -0.3 is 5.40 Å². The maximum absolute atomic E-state index is 8.51. The third kappa shape index (κ3) is 3050. The van der Waals surface area contributed by atoms with E-state index in [1.165, 1.54) is 0 Å².